The van der Waals surface area contributed by atoms with E-state index in [9.17, 15) is 9.59 Å². The fourth-order valence-corrected chi connectivity index (χ4v) is 3.58. The molecule has 2 aromatic carbocycles. The Morgan fingerprint density at radius 3 is 2.48 bits per heavy atom. The van der Waals surface area contributed by atoms with Crippen molar-refractivity contribution >= 4 is 35.2 Å². The zero-order valence-electron chi connectivity index (χ0n) is 16.0. The number of amides is 2. The molecule has 0 aromatic heterocycles. The number of nitrogens with one attached hydrogen (secondary N) is 2. The highest BCUT2D eigenvalue weighted by atomic mass is 35.5. The lowest BCUT2D eigenvalue weighted by Gasteiger charge is -2.34. The molecule has 152 valence electrons. The zero-order chi connectivity index (χ0) is 20.6. The second-order valence-electron chi connectivity index (χ2n) is 7.00. The Kier molecular flexibility index (Phi) is 7.27. The minimum Gasteiger partial charge on any atom is -0.371 e. The maximum Gasteiger partial charge on any atom is 0.267 e. The van der Waals surface area contributed by atoms with Gasteiger partial charge in [0.05, 0.1) is 6.42 Å². The van der Waals surface area contributed by atoms with E-state index in [1.54, 1.807) is 23.7 Å². The van der Waals surface area contributed by atoms with Gasteiger partial charge in [-0.1, -0.05) is 41.9 Å². The summed E-state index contributed by atoms with van der Waals surface area (Å²) in [6, 6.07) is 15.3. The van der Waals surface area contributed by atoms with Crippen LogP contribution in [0, 0.1) is 0 Å². The Balaban J connectivity index is 1.54. The summed E-state index contributed by atoms with van der Waals surface area (Å²) in [4.78, 5) is 25.8. The molecule has 3 N–H and O–H groups in total. The van der Waals surface area contributed by atoms with Gasteiger partial charge < -0.3 is 10.2 Å². The first-order chi connectivity index (χ1) is 14.0. The van der Waals surface area contributed by atoms with Crippen molar-refractivity contribution in [2.24, 2.45) is 0 Å². The quantitative estimate of drug-likeness (QED) is 0.386. The molecule has 1 fully saturated rings. The number of piperidine rings is 1. The topological polar surface area (TPSA) is 81.7 Å². The highest BCUT2D eigenvalue weighted by Gasteiger charge is 2.22. The highest BCUT2D eigenvalue weighted by molar-refractivity contribution is 6.30. The highest BCUT2D eigenvalue weighted by Crippen LogP contribution is 2.25. The lowest BCUT2D eigenvalue weighted by molar-refractivity contribution is -0.124. The van der Waals surface area contributed by atoms with E-state index in [2.05, 4.69) is 10.2 Å². The van der Waals surface area contributed by atoms with E-state index in [4.69, 9.17) is 16.8 Å². The van der Waals surface area contributed by atoms with E-state index in [1.165, 1.54) is 6.08 Å². The number of para-hydroxylation sites is 1. The predicted molar refractivity (Wildman–Crippen MR) is 114 cm³/mol. The Bertz CT molecular complexity index is 875. The number of hydroxylamine groups is 1. The lowest BCUT2D eigenvalue weighted by atomic mass is 10.0. The minimum atomic E-state index is -0.568. The van der Waals surface area contributed by atoms with Gasteiger partial charge in [-0.05, 0) is 48.2 Å². The first kappa shape index (κ1) is 20.9. The van der Waals surface area contributed by atoms with Crippen LogP contribution in [0.15, 0.2) is 54.6 Å². The Morgan fingerprint density at radius 1 is 1.10 bits per heavy atom. The summed E-state index contributed by atoms with van der Waals surface area (Å²) in [7, 11) is 0. The van der Waals surface area contributed by atoms with Crippen LogP contribution in [0.2, 0.25) is 5.02 Å². The molecule has 0 spiro atoms. The predicted octanol–water partition coefficient (Wildman–Crippen LogP) is 3.19. The fraction of sp³-hybridized carbons (Fsp3) is 0.273. The van der Waals surface area contributed by atoms with Crippen molar-refractivity contribution in [3.63, 3.8) is 0 Å². The van der Waals surface area contributed by atoms with Crippen LogP contribution in [0.25, 0.3) is 6.08 Å². The molecule has 1 aliphatic heterocycles. The largest absolute Gasteiger partial charge is 0.371 e. The van der Waals surface area contributed by atoms with Crippen LogP contribution >= 0.6 is 11.6 Å². The molecule has 3 rings (SSSR count). The number of rotatable bonds is 6. The SMILES string of the molecule is O=C(/C=C/c1ccccc1N1CCC(NC(=O)Cc2ccc(Cl)cc2)CC1)NO. The number of nitrogens with zero attached hydrogens (tertiary/aromatic N) is 1. The van der Waals surface area contributed by atoms with Crippen molar-refractivity contribution in [1.29, 1.82) is 0 Å². The molecule has 1 aliphatic rings. The van der Waals surface area contributed by atoms with Gasteiger partial charge in [-0.25, -0.2) is 5.48 Å². The fourth-order valence-electron chi connectivity index (χ4n) is 3.45. The van der Waals surface area contributed by atoms with Crippen molar-refractivity contribution in [2.75, 3.05) is 18.0 Å². The second-order valence-corrected chi connectivity index (χ2v) is 7.44. The van der Waals surface area contributed by atoms with Gasteiger partial charge >= 0.3 is 0 Å². The summed E-state index contributed by atoms with van der Waals surface area (Å²) in [5.41, 5.74) is 4.47. The van der Waals surface area contributed by atoms with E-state index >= 15 is 0 Å². The molecular weight excluding hydrogens is 390 g/mol. The molecule has 0 bridgehead atoms. The Labute approximate surface area is 175 Å². The van der Waals surface area contributed by atoms with Gasteiger partial charge in [-0.2, -0.15) is 0 Å². The van der Waals surface area contributed by atoms with Crippen molar-refractivity contribution in [3.05, 3.63) is 70.8 Å². The molecule has 0 saturated carbocycles. The molecule has 0 unspecified atom stereocenters. The van der Waals surface area contributed by atoms with Crippen molar-refractivity contribution < 1.29 is 14.8 Å². The van der Waals surface area contributed by atoms with Gasteiger partial charge in [-0.3, -0.25) is 14.8 Å². The maximum atomic E-state index is 12.3. The molecule has 0 atom stereocenters. The summed E-state index contributed by atoms with van der Waals surface area (Å²) < 4.78 is 0. The van der Waals surface area contributed by atoms with Crippen LogP contribution in [0.5, 0.6) is 0 Å². The van der Waals surface area contributed by atoms with E-state index in [1.807, 2.05) is 36.4 Å². The van der Waals surface area contributed by atoms with Gasteiger partial charge in [-0.15, -0.1) is 0 Å². The number of hydrogen-bond donors (Lipinski definition) is 3. The number of hydrogen-bond acceptors (Lipinski definition) is 4. The van der Waals surface area contributed by atoms with E-state index < -0.39 is 5.91 Å². The van der Waals surface area contributed by atoms with Crippen molar-refractivity contribution in [2.45, 2.75) is 25.3 Å². The van der Waals surface area contributed by atoms with Crippen LogP contribution in [-0.2, 0) is 16.0 Å². The normalized spacial score (nSPS) is 14.8. The molecule has 2 aromatic rings. The third-order valence-corrected chi connectivity index (χ3v) is 5.19. The summed E-state index contributed by atoms with van der Waals surface area (Å²) >= 11 is 5.88. The van der Waals surface area contributed by atoms with Crippen LogP contribution in [0.1, 0.15) is 24.0 Å². The van der Waals surface area contributed by atoms with Crippen LogP contribution in [-0.4, -0.2) is 36.2 Å². The maximum absolute atomic E-state index is 12.3. The lowest BCUT2D eigenvalue weighted by Crippen LogP contribution is -2.45. The van der Waals surface area contributed by atoms with Crippen LogP contribution in [0.4, 0.5) is 5.69 Å². The summed E-state index contributed by atoms with van der Waals surface area (Å²) in [6.07, 6.45) is 5.02. The number of carbonyl (C=O) groups excluding carboxylic acids is 2. The third kappa shape index (κ3) is 6.07. The Morgan fingerprint density at radius 2 is 1.79 bits per heavy atom. The molecule has 0 aliphatic carbocycles. The van der Waals surface area contributed by atoms with Crippen LogP contribution in [0.3, 0.4) is 0 Å². The monoisotopic (exact) mass is 413 g/mol. The standard InChI is InChI=1S/C22H24ClN3O3/c23-18-8-5-16(6-9-18)15-22(28)24-19-11-13-26(14-12-19)20-4-2-1-3-17(20)7-10-21(27)25-29/h1-10,19,29H,11-15H2,(H,24,28)(H,25,27)/b10-7+. The van der Waals surface area contributed by atoms with E-state index in [0.29, 0.717) is 11.4 Å². The van der Waals surface area contributed by atoms with E-state index in [-0.39, 0.29) is 11.9 Å². The molecule has 6 nitrogen and oxygen atoms in total. The van der Waals surface area contributed by atoms with Crippen molar-refractivity contribution in [3.8, 4) is 0 Å². The molecule has 7 heteroatoms. The molecule has 1 heterocycles. The molecule has 0 radical (unpaired) electrons. The number of carbonyl (C=O) groups is 2. The number of benzene rings is 2. The molecule has 1 saturated heterocycles. The van der Waals surface area contributed by atoms with Crippen molar-refractivity contribution in [1.82, 2.24) is 10.8 Å². The minimum absolute atomic E-state index is 0.0177. The summed E-state index contributed by atoms with van der Waals surface area (Å²) in [6.45, 7) is 1.62. The summed E-state index contributed by atoms with van der Waals surface area (Å²) in [5.74, 6) is -0.550. The number of anilines is 1. The number of halogens is 1. The van der Waals surface area contributed by atoms with Gasteiger partial charge in [0.1, 0.15) is 0 Å². The molecular formula is C22H24ClN3O3. The van der Waals surface area contributed by atoms with Crippen LogP contribution < -0.4 is 15.7 Å². The zero-order valence-corrected chi connectivity index (χ0v) is 16.7. The molecule has 29 heavy (non-hydrogen) atoms. The second kappa shape index (κ2) is 10.1. The van der Waals surface area contributed by atoms with E-state index in [0.717, 1.165) is 42.7 Å². The first-order valence-corrected chi connectivity index (χ1v) is 9.93. The van der Waals surface area contributed by atoms with Gasteiger partial charge in [0, 0.05) is 35.9 Å². The smallest absolute Gasteiger partial charge is 0.267 e. The average molecular weight is 414 g/mol. The average Bonchev–Trinajstić information content (AvgIpc) is 2.74. The van der Waals surface area contributed by atoms with Gasteiger partial charge in [0.2, 0.25) is 5.91 Å². The van der Waals surface area contributed by atoms with Gasteiger partial charge in [0.15, 0.2) is 0 Å². The summed E-state index contributed by atoms with van der Waals surface area (Å²) in [5, 5.41) is 12.4. The Hall–Kier alpha value is -2.83. The molecule has 2 amide bonds. The van der Waals surface area contributed by atoms with Gasteiger partial charge in [0.25, 0.3) is 5.91 Å². The third-order valence-electron chi connectivity index (χ3n) is 4.94. The first-order valence-electron chi connectivity index (χ1n) is 9.55.